The van der Waals surface area contributed by atoms with Gasteiger partial charge in [-0.3, -0.25) is 20.1 Å². The molecule has 3 N–H and O–H groups in total. The van der Waals surface area contributed by atoms with Gasteiger partial charge in [0.2, 0.25) is 5.91 Å². The van der Waals surface area contributed by atoms with E-state index in [1.807, 2.05) is 31.2 Å². The number of aryl methyl sites for hydroxylation is 1. The summed E-state index contributed by atoms with van der Waals surface area (Å²) in [6.45, 7) is 6.73. The second-order valence-corrected chi connectivity index (χ2v) is 8.45. The van der Waals surface area contributed by atoms with Gasteiger partial charge in [-0.1, -0.05) is 38.1 Å². The van der Waals surface area contributed by atoms with Gasteiger partial charge >= 0.3 is 5.97 Å². The van der Waals surface area contributed by atoms with Gasteiger partial charge in [-0.15, -0.1) is 0 Å². The summed E-state index contributed by atoms with van der Waals surface area (Å²) >= 11 is 0. The third-order valence-electron chi connectivity index (χ3n) is 5.31. The molecule has 1 fully saturated rings. The van der Waals surface area contributed by atoms with E-state index in [-0.39, 0.29) is 18.5 Å². The van der Waals surface area contributed by atoms with Crippen molar-refractivity contribution in [2.24, 2.45) is 5.92 Å². The fourth-order valence-corrected chi connectivity index (χ4v) is 3.77. The van der Waals surface area contributed by atoms with Crippen LogP contribution in [0.25, 0.3) is 0 Å². The molecule has 156 valence electrons. The van der Waals surface area contributed by atoms with Gasteiger partial charge in [-0.05, 0) is 62.5 Å². The Kier molecular flexibility index (Phi) is 8.45. The first-order chi connectivity index (χ1) is 13.3. The minimum absolute atomic E-state index is 0.0659. The number of esters is 1. The van der Waals surface area contributed by atoms with Crippen LogP contribution in [0.5, 0.6) is 0 Å². The number of amides is 1. The van der Waals surface area contributed by atoms with Crippen molar-refractivity contribution in [3.63, 3.8) is 0 Å². The number of benzene rings is 1. The molecule has 0 heterocycles. The molecule has 0 bridgehead atoms. The van der Waals surface area contributed by atoms with Gasteiger partial charge in [0.1, 0.15) is 11.6 Å². The summed E-state index contributed by atoms with van der Waals surface area (Å²) in [4.78, 5) is 24.0. The summed E-state index contributed by atoms with van der Waals surface area (Å²) in [5.41, 5.74) is 3.02. The number of hydroxylamine groups is 1. The fraction of sp³-hybridized carbons (Fsp3) is 0.636. The number of rotatable bonds is 10. The van der Waals surface area contributed by atoms with Crippen molar-refractivity contribution < 1.29 is 19.5 Å². The van der Waals surface area contributed by atoms with E-state index in [4.69, 9.17) is 9.94 Å². The van der Waals surface area contributed by atoms with Gasteiger partial charge in [-0.25, -0.2) is 5.48 Å². The monoisotopic (exact) mass is 390 g/mol. The maximum Gasteiger partial charge on any atom is 0.326 e. The Morgan fingerprint density at radius 3 is 2.36 bits per heavy atom. The van der Waals surface area contributed by atoms with Crippen molar-refractivity contribution in [1.82, 2.24) is 10.8 Å². The number of hydrogen-bond acceptors (Lipinski definition) is 5. The number of hydrogen-bond donors (Lipinski definition) is 3. The van der Waals surface area contributed by atoms with Gasteiger partial charge in [0.15, 0.2) is 0 Å². The van der Waals surface area contributed by atoms with Crippen molar-refractivity contribution in [2.75, 3.05) is 0 Å². The number of carbonyl (C=O) groups excluding carboxylic acids is 2. The summed E-state index contributed by atoms with van der Waals surface area (Å²) in [6, 6.07) is 7.94. The average Bonchev–Trinajstić information content (AvgIpc) is 3.17. The van der Waals surface area contributed by atoms with Crippen molar-refractivity contribution in [1.29, 1.82) is 0 Å². The van der Waals surface area contributed by atoms with Crippen molar-refractivity contribution in [2.45, 2.75) is 83.9 Å². The molecular formula is C22H34N2O4. The van der Waals surface area contributed by atoms with Crippen molar-refractivity contribution in [3.8, 4) is 0 Å². The first kappa shape index (κ1) is 22.4. The van der Waals surface area contributed by atoms with Crippen LogP contribution in [0.3, 0.4) is 0 Å². The maximum atomic E-state index is 12.9. The summed E-state index contributed by atoms with van der Waals surface area (Å²) in [5.74, 6) is -0.176. The van der Waals surface area contributed by atoms with Crippen LogP contribution in [0.15, 0.2) is 24.3 Å². The molecule has 6 nitrogen and oxygen atoms in total. The Morgan fingerprint density at radius 2 is 1.79 bits per heavy atom. The fourth-order valence-electron chi connectivity index (χ4n) is 3.77. The molecule has 1 aliphatic rings. The molecule has 0 spiro atoms. The highest BCUT2D eigenvalue weighted by Gasteiger charge is 2.37. The molecule has 6 heteroatoms. The van der Waals surface area contributed by atoms with Crippen LogP contribution < -0.4 is 10.8 Å². The zero-order valence-electron chi connectivity index (χ0n) is 17.3. The second-order valence-electron chi connectivity index (χ2n) is 8.45. The van der Waals surface area contributed by atoms with E-state index in [1.54, 1.807) is 5.48 Å². The van der Waals surface area contributed by atoms with E-state index in [0.29, 0.717) is 25.3 Å². The first-order valence-electron chi connectivity index (χ1n) is 10.3. The van der Waals surface area contributed by atoms with Crippen LogP contribution in [-0.2, 0) is 27.3 Å². The lowest BCUT2D eigenvalue weighted by atomic mass is 9.90. The molecular weight excluding hydrogens is 356 g/mol. The van der Waals surface area contributed by atoms with Crippen LogP contribution >= 0.6 is 0 Å². The highest BCUT2D eigenvalue weighted by molar-refractivity contribution is 5.80. The zero-order chi connectivity index (χ0) is 20.6. The van der Waals surface area contributed by atoms with Gasteiger partial charge in [-0.2, -0.15) is 0 Å². The quantitative estimate of drug-likeness (QED) is 0.323. The summed E-state index contributed by atoms with van der Waals surface area (Å²) in [7, 11) is 0. The lowest BCUT2D eigenvalue weighted by Gasteiger charge is -2.31. The Morgan fingerprint density at radius 1 is 1.18 bits per heavy atom. The Hall–Kier alpha value is -1.92. The van der Waals surface area contributed by atoms with E-state index in [0.717, 1.165) is 36.8 Å². The van der Waals surface area contributed by atoms with E-state index in [1.165, 1.54) is 0 Å². The predicted octanol–water partition coefficient (Wildman–Crippen LogP) is 3.50. The van der Waals surface area contributed by atoms with Gasteiger partial charge < -0.3 is 4.74 Å². The van der Waals surface area contributed by atoms with Crippen LogP contribution in [-0.4, -0.2) is 28.7 Å². The van der Waals surface area contributed by atoms with Gasteiger partial charge in [0.05, 0.1) is 0 Å². The second kappa shape index (κ2) is 10.6. The molecule has 1 aromatic carbocycles. The molecule has 0 aliphatic heterocycles. The average molecular weight is 391 g/mol. The van der Waals surface area contributed by atoms with E-state index in [9.17, 15) is 9.59 Å². The Bertz CT molecular complexity index is 638. The first-order valence-corrected chi connectivity index (χ1v) is 10.3. The number of nitrogens with one attached hydrogen (secondary N) is 2. The third-order valence-corrected chi connectivity index (χ3v) is 5.31. The highest BCUT2D eigenvalue weighted by atomic mass is 16.5. The predicted molar refractivity (Wildman–Crippen MR) is 108 cm³/mol. The van der Waals surface area contributed by atoms with Crippen molar-refractivity contribution in [3.05, 3.63) is 35.4 Å². The summed E-state index contributed by atoms with van der Waals surface area (Å²) in [6.07, 6.45) is 5.81. The molecule has 0 radical (unpaired) electrons. The minimum atomic E-state index is -0.714. The van der Waals surface area contributed by atoms with Crippen LogP contribution in [0.1, 0.15) is 70.4 Å². The minimum Gasteiger partial charge on any atom is -0.461 e. The topological polar surface area (TPSA) is 87.7 Å². The zero-order valence-corrected chi connectivity index (χ0v) is 17.3. The lowest BCUT2D eigenvalue weighted by Crippen LogP contribution is -2.51. The molecule has 0 aromatic heterocycles. The van der Waals surface area contributed by atoms with E-state index < -0.39 is 11.4 Å². The summed E-state index contributed by atoms with van der Waals surface area (Å²) in [5, 5.41) is 12.0. The van der Waals surface area contributed by atoms with Crippen molar-refractivity contribution >= 4 is 11.9 Å². The molecule has 1 aromatic rings. The standard InChI is InChI=1S/C22H34N2O4/c1-16(2)14-22(3,21(26)28-19-6-4-5-7-19)23-15-18-10-8-17(9-11-18)12-13-20(25)24-27/h8-11,16,19,23,27H,4-7,12-15H2,1-3H3,(H,24,25). The molecule has 1 aliphatic carbocycles. The summed E-state index contributed by atoms with van der Waals surface area (Å²) < 4.78 is 5.79. The van der Waals surface area contributed by atoms with Gasteiger partial charge in [0, 0.05) is 13.0 Å². The largest absolute Gasteiger partial charge is 0.461 e. The van der Waals surface area contributed by atoms with Crippen LogP contribution in [0.2, 0.25) is 0 Å². The van der Waals surface area contributed by atoms with Crippen LogP contribution in [0.4, 0.5) is 0 Å². The van der Waals surface area contributed by atoms with E-state index in [2.05, 4.69) is 19.2 Å². The van der Waals surface area contributed by atoms with Gasteiger partial charge in [0.25, 0.3) is 0 Å². The Labute approximate surface area is 168 Å². The molecule has 1 amide bonds. The highest BCUT2D eigenvalue weighted by Crippen LogP contribution is 2.25. The number of ether oxygens (including phenoxy) is 1. The molecule has 0 saturated heterocycles. The Balaban J connectivity index is 1.94. The SMILES string of the molecule is CC(C)CC(C)(NCc1ccc(CCC(=O)NO)cc1)C(=O)OC1CCCC1. The molecule has 1 atom stereocenters. The smallest absolute Gasteiger partial charge is 0.326 e. The maximum absolute atomic E-state index is 12.9. The molecule has 1 unspecified atom stereocenters. The van der Waals surface area contributed by atoms with E-state index >= 15 is 0 Å². The van der Waals surface area contributed by atoms with Crippen LogP contribution in [0, 0.1) is 5.92 Å². The molecule has 1 saturated carbocycles. The molecule has 2 rings (SSSR count). The lowest BCUT2D eigenvalue weighted by molar-refractivity contribution is -0.157. The normalized spacial score (nSPS) is 16.8. The number of carbonyl (C=O) groups is 2. The third kappa shape index (κ3) is 6.91. The molecule has 28 heavy (non-hydrogen) atoms.